The van der Waals surface area contributed by atoms with Crippen LogP contribution in [0.3, 0.4) is 0 Å². The smallest absolute Gasteiger partial charge is 0.359 e. The zero-order valence-electron chi connectivity index (χ0n) is 20.8. The first-order valence-electron chi connectivity index (χ1n) is 12.0. The van der Waals surface area contributed by atoms with Crippen molar-refractivity contribution in [2.75, 3.05) is 18.5 Å². The molecule has 3 aromatic heterocycles. The second kappa shape index (κ2) is 11.8. The van der Waals surface area contributed by atoms with Crippen LogP contribution in [0.2, 0.25) is 10.3 Å². The maximum atomic E-state index is 12.3. The van der Waals surface area contributed by atoms with E-state index in [0.29, 0.717) is 22.8 Å². The van der Waals surface area contributed by atoms with Crippen LogP contribution in [0, 0.1) is 0 Å². The summed E-state index contributed by atoms with van der Waals surface area (Å²) in [7, 11) is -5.14. The molecular weight excluding hydrogens is 608 g/mol. The van der Waals surface area contributed by atoms with Crippen LogP contribution in [-0.4, -0.2) is 102 Å². The number of tetrazole rings is 1. The Morgan fingerprint density at radius 1 is 1.20 bits per heavy atom. The van der Waals surface area contributed by atoms with E-state index in [-0.39, 0.29) is 16.8 Å². The van der Waals surface area contributed by atoms with Crippen molar-refractivity contribution < 1.29 is 39.1 Å². The number of anilines is 1. The third-order valence-corrected chi connectivity index (χ3v) is 8.55. The summed E-state index contributed by atoms with van der Waals surface area (Å²) in [4.78, 5) is 28.3. The fourth-order valence-corrected chi connectivity index (χ4v) is 5.42. The number of aliphatic hydroxyl groups excluding tert-OH is 3. The highest BCUT2D eigenvalue weighted by Crippen LogP contribution is 2.53. The van der Waals surface area contributed by atoms with E-state index in [1.165, 1.54) is 10.9 Å². The summed E-state index contributed by atoms with van der Waals surface area (Å²) in [6, 6.07) is 7.23. The number of ether oxygens (including phenoxy) is 2. The van der Waals surface area contributed by atoms with Crippen molar-refractivity contribution in [1.82, 2.24) is 40.4 Å². The Hall–Kier alpha value is -2.83. The number of aliphatic hydroxyl groups is 3. The number of hydrogen-bond acceptors (Lipinski definition) is 13. The molecule has 220 valence electrons. The highest BCUT2D eigenvalue weighted by molar-refractivity contribution is 7.53. The van der Waals surface area contributed by atoms with E-state index < -0.39 is 57.1 Å². The topological polar surface area (TPSA) is 247 Å². The Bertz CT molecular complexity index is 1560. The number of halogens is 2. The minimum atomic E-state index is -5.14. The average molecular weight is 632 g/mol. The van der Waals surface area contributed by atoms with Gasteiger partial charge in [0.2, 0.25) is 5.28 Å². The summed E-state index contributed by atoms with van der Waals surface area (Å²) in [6.07, 6.45) is -4.92. The summed E-state index contributed by atoms with van der Waals surface area (Å²) >= 11 is 12.4. The summed E-state index contributed by atoms with van der Waals surface area (Å²) in [5.74, 6) is 0.196. The van der Waals surface area contributed by atoms with Crippen LogP contribution >= 0.6 is 30.8 Å². The van der Waals surface area contributed by atoms with Crippen molar-refractivity contribution in [3.63, 3.8) is 0 Å². The Labute approximate surface area is 240 Å². The van der Waals surface area contributed by atoms with E-state index in [1.54, 1.807) is 12.1 Å². The van der Waals surface area contributed by atoms with Gasteiger partial charge in [0.25, 0.3) is 0 Å². The molecule has 0 spiro atoms. The number of H-pyrrole nitrogens is 1. The summed E-state index contributed by atoms with van der Waals surface area (Å²) in [5, 5.41) is 49.9. The van der Waals surface area contributed by atoms with Gasteiger partial charge in [-0.1, -0.05) is 35.0 Å². The highest BCUT2D eigenvalue weighted by atomic mass is 35.5. The van der Waals surface area contributed by atoms with Gasteiger partial charge >= 0.3 is 7.60 Å². The molecule has 0 bridgehead atoms. The molecule has 0 saturated carbocycles. The van der Waals surface area contributed by atoms with Crippen LogP contribution < -0.4 is 5.32 Å². The lowest BCUT2D eigenvalue weighted by Crippen LogP contribution is -2.43. The summed E-state index contributed by atoms with van der Waals surface area (Å²) < 4.78 is 24.8. The monoisotopic (exact) mass is 631 g/mol. The third-order valence-electron chi connectivity index (χ3n) is 6.53. The van der Waals surface area contributed by atoms with E-state index in [9.17, 15) is 29.7 Å². The predicted octanol–water partition coefficient (Wildman–Crippen LogP) is 0.00310. The van der Waals surface area contributed by atoms with Crippen molar-refractivity contribution in [2.24, 2.45) is 0 Å². The van der Waals surface area contributed by atoms with Crippen LogP contribution in [0.5, 0.6) is 0 Å². The van der Waals surface area contributed by atoms with E-state index in [1.807, 2.05) is 12.1 Å². The number of benzene rings is 1. The first-order valence-corrected chi connectivity index (χ1v) is 14.3. The molecular formula is C21H24Cl2N9O8P. The van der Waals surface area contributed by atoms with E-state index >= 15 is 0 Å². The maximum Gasteiger partial charge on any atom is 0.359 e. The second-order valence-corrected chi connectivity index (χ2v) is 11.8. The molecule has 41 heavy (non-hydrogen) atoms. The molecule has 5 atom stereocenters. The van der Waals surface area contributed by atoms with Crippen molar-refractivity contribution in [1.29, 1.82) is 0 Å². The third kappa shape index (κ3) is 5.91. The first kappa shape index (κ1) is 29.7. The Balaban J connectivity index is 1.36. The van der Waals surface area contributed by atoms with Gasteiger partial charge < -0.3 is 39.9 Å². The lowest BCUT2D eigenvalue weighted by Gasteiger charge is -2.32. The largest absolute Gasteiger partial charge is 0.393 e. The Morgan fingerprint density at radius 3 is 2.66 bits per heavy atom. The number of nitrogens with zero attached hydrogens (tertiary/aromatic N) is 7. The molecule has 5 rings (SSSR count). The molecule has 0 amide bonds. The van der Waals surface area contributed by atoms with Gasteiger partial charge in [0.1, 0.15) is 24.1 Å². The molecule has 0 aliphatic carbocycles. The molecule has 20 heteroatoms. The average Bonchev–Trinajstić information content (AvgIpc) is 3.66. The van der Waals surface area contributed by atoms with E-state index in [0.717, 1.165) is 5.56 Å². The number of nitrogens with one attached hydrogen (secondary N) is 2. The molecule has 1 saturated heterocycles. The van der Waals surface area contributed by atoms with Gasteiger partial charge in [-0.25, -0.2) is 4.68 Å². The minimum Gasteiger partial charge on any atom is -0.393 e. The number of hydrogen-bond donors (Lipinski definition) is 7. The number of aromatic nitrogens is 8. The molecule has 7 N–H and O–H groups in total. The van der Waals surface area contributed by atoms with E-state index in [2.05, 4.69) is 41.0 Å². The fourth-order valence-electron chi connectivity index (χ4n) is 4.28. The van der Waals surface area contributed by atoms with Crippen LogP contribution in [0.1, 0.15) is 17.6 Å². The quantitative estimate of drug-likeness (QED) is 0.0850. The fraction of sp³-hybridized carbons (Fsp3) is 0.429. The molecule has 1 aliphatic rings. The lowest BCUT2D eigenvalue weighted by atomic mass is 10.1. The van der Waals surface area contributed by atoms with Gasteiger partial charge in [0, 0.05) is 11.6 Å². The van der Waals surface area contributed by atoms with Gasteiger partial charge in [-0.15, -0.1) is 10.2 Å². The first-order chi connectivity index (χ1) is 19.5. The number of fused-ring (bicyclic) bond motifs is 1. The van der Waals surface area contributed by atoms with Crippen LogP contribution in [-0.2, 0) is 27.0 Å². The summed E-state index contributed by atoms with van der Waals surface area (Å²) in [5.41, 5.74) is 0.972. The van der Waals surface area contributed by atoms with Gasteiger partial charge in [0.15, 0.2) is 23.0 Å². The molecule has 0 unspecified atom stereocenters. The number of aromatic amines is 1. The second-order valence-electron chi connectivity index (χ2n) is 9.12. The Morgan fingerprint density at radius 2 is 1.98 bits per heavy atom. The number of rotatable bonds is 11. The van der Waals surface area contributed by atoms with Gasteiger partial charge in [-0.3, -0.25) is 4.57 Å². The molecule has 1 fully saturated rings. The van der Waals surface area contributed by atoms with Crippen molar-refractivity contribution in [3.8, 4) is 0 Å². The Kier molecular flexibility index (Phi) is 8.54. The minimum absolute atomic E-state index is 0.133. The van der Waals surface area contributed by atoms with Gasteiger partial charge in [0.05, 0.1) is 31.2 Å². The molecule has 1 aromatic carbocycles. The molecule has 0 radical (unpaired) electrons. The predicted molar refractivity (Wildman–Crippen MR) is 141 cm³/mol. The summed E-state index contributed by atoms with van der Waals surface area (Å²) in [6.45, 7) is -1.45. The van der Waals surface area contributed by atoms with Crippen LogP contribution in [0.4, 0.5) is 5.82 Å². The lowest BCUT2D eigenvalue weighted by molar-refractivity contribution is -0.109. The maximum absolute atomic E-state index is 12.3. The SMILES string of the molecule is O=P(O)(O)[C@@](CO)(Cc1nn[nH]n1)OC[C@H]1O[C@@H](n2ncc3c(NCc4ccccc4Cl)nc(Cl)nc32)[C@H](O)[C@@H]1O. The van der Waals surface area contributed by atoms with Crippen molar-refractivity contribution in [2.45, 2.75) is 42.8 Å². The molecule has 4 aromatic rings. The zero-order valence-corrected chi connectivity index (χ0v) is 23.2. The van der Waals surface area contributed by atoms with Crippen molar-refractivity contribution in [3.05, 3.63) is 52.2 Å². The van der Waals surface area contributed by atoms with Gasteiger partial charge in [-0.2, -0.15) is 20.3 Å². The van der Waals surface area contributed by atoms with Gasteiger partial charge in [-0.05, 0) is 23.2 Å². The van der Waals surface area contributed by atoms with Crippen LogP contribution in [0.15, 0.2) is 30.5 Å². The molecule has 4 heterocycles. The van der Waals surface area contributed by atoms with E-state index in [4.69, 9.17) is 32.7 Å². The zero-order chi connectivity index (χ0) is 29.4. The van der Waals surface area contributed by atoms with Crippen LogP contribution in [0.25, 0.3) is 11.0 Å². The highest BCUT2D eigenvalue weighted by Gasteiger charge is 2.52. The molecule has 17 nitrogen and oxygen atoms in total. The standard InChI is InChI=1S/C21H24Cl2N9O8P/c22-12-4-2-1-3-10(12)6-24-17-11-7-25-32(18(11)27-20(23)26-17)19-16(35)15(34)13(40-19)8-39-21(9-33,41(36,37)38)5-14-28-30-31-29-14/h1-4,7,13,15-16,19,33-35H,5-6,8-9H2,(H,24,26,27)(H2,36,37,38)(H,28,29,30,31)/t13-,15-,16-,19-,21-/m1/s1. The molecule has 1 aliphatic heterocycles. The van der Waals surface area contributed by atoms with Crippen molar-refractivity contribution >= 4 is 47.6 Å². The normalized spacial score (nSPS) is 22.7.